The van der Waals surface area contributed by atoms with Crippen LogP contribution in [0, 0.1) is 11.8 Å². The molecule has 1 saturated carbocycles. The van der Waals surface area contributed by atoms with Crippen molar-refractivity contribution in [1.29, 1.82) is 0 Å². The van der Waals surface area contributed by atoms with Gasteiger partial charge in [0.15, 0.2) is 6.54 Å². The highest BCUT2D eigenvalue weighted by Crippen LogP contribution is 2.20. The van der Waals surface area contributed by atoms with Gasteiger partial charge in [0.25, 0.3) is 11.8 Å². The predicted octanol–water partition coefficient (Wildman–Crippen LogP) is 1.86. The van der Waals surface area contributed by atoms with Crippen LogP contribution < -0.4 is 15.5 Å². The van der Waals surface area contributed by atoms with Crippen molar-refractivity contribution >= 4 is 17.5 Å². The van der Waals surface area contributed by atoms with Crippen LogP contribution in [-0.2, 0) is 4.79 Å². The Labute approximate surface area is 156 Å². The van der Waals surface area contributed by atoms with E-state index in [1.807, 2.05) is 18.2 Å². The van der Waals surface area contributed by atoms with Gasteiger partial charge < -0.3 is 15.5 Å². The topological polar surface area (TPSA) is 62.6 Å². The fourth-order valence-corrected chi connectivity index (χ4v) is 4.61. The summed E-state index contributed by atoms with van der Waals surface area (Å²) in [6.07, 6.45) is 5.71. The number of piperidine rings is 1. The molecular formula is C21H32N3O2+. The standard InChI is InChI=1S/C21H31N3O2/c1-15-11-16(2)13-24(12-15)14-20(25)23-19-10-6-5-9-18(19)21(26)22-17-7-3-4-8-17/h5-6,9-10,15-17H,3-4,7-8,11-14H2,1-2H3,(H,22,26)(H,23,25)/p+1/t15-,16-/m0/s1. The van der Waals surface area contributed by atoms with Crippen LogP contribution in [0.25, 0.3) is 0 Å². The molecule has 0 radical (unpaired) electrons. The first-order valence-corrected chi connectivity index (χ1v) is 10.0. The lowest BCUT2D eigenvalue weighted by Gasteiger charge is -2.31. The molecule has 2 atom stereocenters. The summed E-state index contributed by atoms with van der Waals surface area (Å²) >= 11 is 0. The highest BCUT2D eigenvalue weighted by Gasteiger charge is 2.27. The minimum atomic E-state index is -0.0830. The molecule has 2 amide bonds. The minimum absolute atomic E-state index is 0.0117. The number of hydrogen-bond donors (Lipinski definition) is 3. The number of para-hydroxylation sites is 1. The fraction of sp³-hybridized carbons (Fsp3) is 0.619. The number of benzene rings is 1. The van der Waals surface area contributed by atoms with E-state index in [2.05, 4.69) is 24.5 Å². The van der Waals surface area contributed by atoms with Gasteiger partial charge in [-0.1, -0.05) is 38.8 Å². The summed E-state index contributed by atoms with van der Waals surface area (Å²) in [7, 11) is 0. The Morgan fingerprint density at radius 1 is 1.08 bits per heavy atom. The third kappa shape index (κ3) is 5.07. The highest BCUT2D eigenvalue weighted by molar-refractivity contribution is 6.04. The van der Waals surface area contributed by atoms with Crippen molar-refractivity contribution in [3.8, 4) is 0 Å². The van der Waals surface area contributed by atoms with E-state index in [1.165, 1.54) is 24.2 Å². The monoisotopic (exact) mass is 358 g/mol. The first kappa shape index (κ1) is 18.9. The van der Waals surface area contributed by atoms with E-state index in [9.17, 15) is 9.59 Å². The lowest BCUT2D eigenvalue weighted by molar-refractivity contribution is -0.904. The Balaban J connectivity index is 1.60. The van der Waals surface area contributed by atoms with Gasteiger partial charge in [0.05, 0.1) is 24.3 Å². The molecule has 0 spiro atoms. The van der Waals surface area contributed by atoms with Gasteiger partial charge >= 0.3 is 0 Å². The van der Waals surface area contributed by atoms with Gasteiger partial charge in [0, 0.05) is 17.9 Å². The smallest absolute Gasteiger partial charge is 0.279 e. The minimum Gasteiger partial charge on any atom is -0.349 e. The Bertz CT molecular complexity index is 630. The Morgan fingerprint density at radius 2 is 1.73 bits per heavy atom. The van der Waals surface area contributed by atoms with Crippen molar-refractivity contribution < 1.29 is 14.5 Å². The zero-order valence-electron chi connectivity index (χ0n) is 16.0. The first-order valence-electron chi connectivity index (χ1n) is 10.0. The van der Waals surface area contributed by atoms with Gasteiger partial charge in [-0.2, -0.15) is 0 Å². The first-order chi connectivity index (χ1) is 12.5. The lowest BCUT2D eigenvalue weighted by atomic mass is 9.92. The molecule has 0 bridgehead atoms. The molecule has 0 unspecified atom stereocenters. The summed E-state index contributed by atoms with van der Waals surface area (Å²) in [5.41, 5.74) is 1.17. The molecule has 5 nitrogen and oxygen atoms in total. The molecular weight excluding hydrogens is 326 g/mol. The lowest BCUT2D eigenvalue weighted by Crippen LogP contribution is -3.15. The largest absolute Gasteiger partial charge is 0.349 e. The van der Waals surface area contributed by atoms with Gasteiger partial charge in [-0.15, -0.1) is 0 Å². The summed E-state index contributed by atoms with van der Waals surface area (Å²) in [6, 6.07) is 7.58. The van der Waals surface area contributed by atoms with Gasteiger partial charge in [-0.3, -0.25) is 9.59 Å². The van der Waals surface area contributed by atoms with Crippen molar-refractivity contribution in [3.05, 3.63) is 29.8 Å². The third-order valence-corrected chi connectivity index (χ3v) is 5.63. The zero-order valence-corrected chi connectivity index (χ0v) is 16.0. The van der Waals surface area contributed by atoms with Crippen LogP contribution in [0.4, 0.5) is 5.69 Å². The van der Waals surface area contributed by atoms with Gasteiger partial charge in [0.2, 0.25) is 0 Å². The van der Waals surface area contributed by atoms with E-state index < -0.39 is 0 Å². The molecule has 142 valence electrons. The number of nitrogens with one attached hydrogen (secondary N) is 3. The van der Waals surface area contributed by atoms with Crippen LogP contribution in [0.3, 0.4) is 0 Å². The van der Waals surface area contributed by atoms with Crippen molar-refractivity contribution in [2.45, 2.75) is 52.0 Å². The van der Waals surface area contributed by atoms with E-state index in [4.69, 9.17) is 0 Å². The number of carbonyl (C=O) groups excluding carboxylic acids is 2. The SMILES string of the molecule is C[C@H]1C[C@H](C)C[NH+](CC(=O)Nc2ccccc2C(=O)NC2CCCC2)C1. The van der Waals surface area contributed by atoms with Gasteiger partial charge in [0.1, 0.15) is 0 Å². The second-order valence-corrected chi connectivity index (χ2v) is 8.33. The van der Waals surface area contributed by atoms with Crippen molar-refractivity contribution in [2.24, 2.45) is 11.8 Å². The van der Waals surface area contributed by atoms with E-state index in [1.54, 1.807) is 6.07 Å². The molecule has 0 aromatic heterocycles. The van der Waals surface area contributed by atoms with E-state index in [0.717, 1.165) is 25.9 Å². The molecule has 26 heavy (non-hydrogen) atoms. The van der Waals surface area contributed by atoms with Crippen LogP contribution in [0.5, 0.6) is 0 Å². The molecule has 2 aliphatic rings. The number of quaternary nitrogens is 1. The van der Waals surface area contributed by atoms with Crippen molar-refractivity contribution in [1.82, 2.24) is 5.32 Å². The van der Waals surface area contributed by atoms with Crippen LogP contribution in [-0.4, -0.2) is 37.5 Å². The second-order valence-electron chi connectivity index (χ2n) is 8.33. The Hall–Kier alpha value is -1.88. The predicted molar refractivity (Wildman–Crippen MR) is 103 cm³/mol. The molecule has 1 aliphatic carbocycles. The molecule has 1 saturated heterocycles. The average Bonchev–Trinajstić information content (AvgIpc) is 3.07. The molecule has 1 aromatic carbocycles. The molecule has 5 heteroatoms. The van der Waals surface area contributed by atoms with Crippen LogP contribution >= 0.6 is 0 Å². The molecule has 1 aliphatic heterocycles. The van der Waals surface area contributed by atoms with Crippen LogP contribution in [0.2, 0.25) is 0 Å². The maximum atomic E-state index is 12.6. The molecule has 1 aromatic rings. The molecule has 3 N–H and O–H groups in total. The van der Waals surface area contributed by atoms with Crippen molar-refractivity contribution in [2.75, 3.05) is 25.0 Å². The maximum absolute atomic E-state index is 12.6. The fourth-order valence-electron chi connectivity index (χ4n) is 4.61. The summed E-state index contributed by atoms with van der Waals surface area (Å²) in [6.45, 7) is 7.07. The second kappa shape index (κ2) is 8.67. The van der Waals surface area contributed by atoms with Crippen LogP contribution in [0.15, 0.2) is 24.3 Å². The summed E-state index contributed by atoms with van der Waals surface area (Å²) in [5, 5.41) is 6.08. The summed E-state index contributed by atoms with van der Waals surface area (Å²) in [5.74, 6) is 1.22. The Morgan fingerprint density at radius 3 is 2.42 bits per heavy atom. The van der Waals surface area contributed by atoms with Gasteiger partial charge in [-0.25, -0.2) is 0 Å². The summed E-state index contributed by atoms with van der Waals surface area (Å²) in [4.78, 5) is 26.5. The van der Waals surface area contributed by atoms with Crippen molar-refractivity contribution in [3.63, 3.8) is 0 Å². The quantitative estimate of drug-likeness (QED) is 0.752. The number of hydrogen-bond acceptors (Lipinski definition) is 2. The molecule has 2 fully saturated rings. The number of rotatable bonds is 5. The summed E-state index contributed by atoms with van der Waals surface area (Å²) < 4.78 is 0. The average molecular weight is 359 g/mol. The number of anilines is 1. The maximum Gasteiger partial charge on any atom is 0.279 e. The molecule has 3 rings (SSSR count). The Kier molecular flexibility index (Phi) is 6.30. The normalized spacial score (nSPS) is 26.5. The third-order valence-electron chi connectivity index (χ3n) is 5.63. The number of likely N-dealkylation sites (tertiary alicyclic amines) is 1. The zero-order chi connectivity index (χ0) is 18.5. The van der Waals surface area contributed by atoms with Crippen LogP contribution in [0.1, 0.15) is 56.3 Å². The highest BCUT2D eigenvalue weighted by atomic mass is 16.2. The number of carbonyl (C=O) groups is 2. The van der Waals surface area contributed by atoms with E-state index in [-0.39, 0.29) is 17.9 Å². The van der Waals surface area contributed by atoms with Gasteiger partial charge in [-0.05, 0) is 31.4 Å². The molecule has 1 heterocycles. The van der Waals surface area contributed by atoms with E-state index in [0.29, 0.717) is 29.6 Å². The van der Waals surface area contributed by atoms with E-state index >= 15 is 0 Å². The number of amides is 2.